The van der Waals surface area contributed by atoms with Gasteiger partial charge in [0.05, 0.1) is 6.26 Å². The van der Waals surface area contributed by atoms with Gasteiger partial charge in [-0.2, -0.15) is 4.31 Å². The van der Waals surface area contributed by atoms with E-state index in [0.717, 1.165) is 12.8 Å². The van der Waals surface area contributed by atoms with Gasteiger partial charge in [-0.1, -0.05) is 6.42 Å². The van der Waals surface area contributed by atoms with E-state index in [1.54, 1.807) is 4.31 Å². The lowest BCUT2D eigenvalue weighted by Gasteiger charge is -2.02. The molecule has 58 valence electrons. The molecule has 1 saturated carbocycles. The summed E-state index contributed by atoms with van der Waals surface area (Å²) in [6.07, 6.45) is 4.67. The molecule has 2 rings (SSSR count). The zero-order valence-corrected chi connectivity index (χ0v) is 6.76. The van der Waals surface area contributed by atoms with E-state index in [1.807, 2.05) is 0 Å². The van der Waals surface area contributed by atoms with E-state index < -0.39 is 10.0 Å². The third kappa shape index (κ3) is 0.787. The van der Waals surface area contributed by atoms with Crippen molar-refractivity contribution in [3.05, 3.63) is 0 Å². The van der Waals surface area contributed by atoms with Crippen molar-refractivity contribution >= 4 is 10.0 Å². The van der Waals surface area contributed by atoms with Gasteiger partial charge >= 0.3 is 0 Å². The highest BCUT2D eigenvalue weighted by molar-refractivity contribution is 7.88. The summed E-state index contributed by atoms with van der Waals surface area (Å²) in [7, 11) is -2.86. The normalized spacial score (nSPS) is 45.1. The number of sulfonamides is 1. The minimum absolute atomic E-state index is 0.384. The van der Waals surface area contributed by atoms with Crippen LogP contribution < -0.4 is 0 Å². The van der Waals surface area contributed by atoms with E-state index in [0.29, 0.717) is 12.1 Å². The van der Waals surface area contributed by atoms with Crippen LogP contribution in [0.5, 0.6) is 0 Å². The highest BCUT2D eigenvalue weighted by Gasteiger charge is 2.55. The Morgan fingerprint density at radius 1 is 1.30 bits per heavy atom. The van der Waals surface area contributed by atoms with Crippen LogP contribution in [0.25, 0.3) is 0 Å². The number of fused-ring (bicyclic) bond motifs is 1. The van der Waals surface area contributed by atoms with Gasteiger partial charge in [0.15, 0.2) is 0 Å². The SMILES string of the molecule is CS(=O)(=O)N1C2CCCC21. The van der Waals surface area contributed by atoms with Crippen molar-refractivity contribution in [2.75, 3.05) is 6.26 Å². The molecule has 2 aliphatic rings. The molecule has 0 bridgehead atoms. The standard InChI is InChI=1S/C6H11NO2S/c1-10(8,9)7-5-3-2-4-6(5)7/h5-6H,2-4H2,1H3. The van der Waals surface area contributed by atoms with Crippen LogP contribution in [-0.4, -0.2) is 31.1 Å². The molecule has 0 spiro atoms. The molecule has 2 unspecified atom stereocenters. The quantitative estimate of drug-likeness (QED) is 0.514. The fourth-order valence-corrected chi connectivity index (χ4v) is 3.40. The maximum absolute atomic E-state index is 10.9. The molecule has 0 radical (unpaired) electrons. The lowest BCUT2D eigenvalue weighted by Crippen LogP contribution is -2.14. The van der Waals surface area contributed by atoms with Crippen LogP contribution in [0.4, 0.5) is 0 Å². The predicted octanol–water partition coefficient (Wildman–Crippen LogP) is 0.183. The van der Waals surface area contributed by atoms with Crippen LogP contribution in [0.2, 0.25) is 0 Å². The lowest BCUT2D eigenvalue weighted by atomic mass is 10.3. The van der Waals surface area contributed by atoms with Crippen molar-refractivity contribution in [3.63, 3.8) is 0 Å². The number of nitrogens with zero attached hydrogens (tertiary/aromatic N) is 1. The molecule has 0 aromatic rings. The zero-order chi connectivity index (χ0) is 7.35. The highest BCUT2D eigenvalue weighted by atomic mass is 32.2. The van der Waals surface area contributed by atoms with Crippen LogP contribution in [0.1, 0.15) is 19.3 Å². The van der Waals surface area contributed by atoms with Crippen molar-refractivity contribution in [1.29, 1.82) is 0 Å². The minimum Gasteiger partial charge on any atom is -0.212 e. The summed E-state index contributed by atoms with van der Waals surface area (Å²) in [6.45, 7) is 0. The molecule has 2 atom stereocenters. The first-order chi connectivity index (χ1) is 4.61. The Morgan fingerprint density at radius 3 is 2.10 bits per heavy atom. The smallest absolute Gasteiger partial charge is 0.211 e. The first-order valence-electron chi connectivity index (χ1n) is 3.59. The molecule has 2 fully saturated rings. The third-order valence-corrected chi connectivity index (χ3v) is 3.70. The molecule has 0 amide bonds. The van der Waals surface area contributed by atoms with E-state index in [1.165, 1.54) is 12.7 Å². The first-order valence-corrected chi connectivity index (χ1v) is 5.44. The molecule has 1 saturated heterocycles. The Hall–Kier alpha value is -0.0900. The van der Waals surface area contributed by atoms with Gasteiger partial charge in [0.2, 0.25) is 10.0 Å². The largest absolute Gasteiger partial charge is 0.212 e. The van der Waals surface area contributed by atoms with E-state index in [9.17, 15) is 8.42 Å². The summed E-state index contributed by atoms with van der Waals surface area (Å²) < 4.78 is 23.5. The molecule has 1 aliphatic carbocycles. The maximum atomic E-state index is 10.9. The van der Waals surface area contributed by atoms with Gasteiger partial charge in [-0.25, -0.2) is 8.42 Å². The van der Waals surface area contributed by atoms with Crippen LogP contribution in [0, 0.1) is 0 Å². The monoisotopic (exact) mass is 161 g/mol. The molecule has 0 aromatic carbocycles. The summed E-state index contributed by atoms with van der Waals surface area (Å²) in [5.74, 6) is 0. The summed E-state index contributed by atoms with van der Waals surface area (Å²) in [4.78, 5) is 0. The van der Waals surface area contributed by atoms with Gasteiger partial charge < -0.3 is 0 Å². The molecule has 4 heteroatoms. The van der Waals surface area contributed by atoms with Gasteiger partial charge in [0.1, 0.15) is 0 Å². The summed E-state index contributed by atoms with van der Waals surface area (Å²) >= 11 is 0. The number of hydrogen-bond donors (Lipinski definition) is 0. The summed E-state index contributed by atoms with van der Waals surface area (Å²) in [5, 5.41) is 0. The molecule has 0 aromatic heterocycles. The second-order valence-electron chi connectivity index (χ2n) is 3.16. The van der Waals surface area contributed by atoms with Crippen LogP contribution >= 0.6 is 0 Å². The zero-order valence-electron chi connectivity index (χ0n) is 5.95. The van der Waals surface area contributed by atoms with Gasteiger partial charge in [-0.15, -0.1) is 0 Å². The van der Waals surface area contributed by atoms with Gasteiger partial charge in [-0.3, -0.25) is 0 Å². The second-order valence-corrected chi connectivity index (χ2v) is 5.05. The Morgan fingerprint density at radius 2 is 1.80 bits per heavy atom. The Bertz CT molecular complexity index is 236. The molecule has 1 aliphatic heterocycles. The minimum atomic E-state index is -2.86. The molecule has 1 heterocycles. The molecule has 0 N–H and O–H groups in total. The van der Waals surface area contributed by atoms with Gasteiger partial charge in [0.25, 0.3) is 0 Å². The van der Waals surface area contributed by atoms with E-state index in [4.69, 9.17) is 0 Å². The number of hydrogen-bond acceptors (Lipinski definition) is 2. The number of rotatable bonds is 1. The third-order valence-electron chi connectivity index (χ3n) is 2.39. The molecule has 10 heavy (non-hydrogen) atoms. The van der Waals surface area contributed by atoms with Crippen molar-refractivity contribution in [2.45, 2.75) is 31.3 Å². The van der Waals surface area contributed by atoms with Crippen molar-refractivity contribution in [2.24, 2.45) is 0 Å². The van der Waals surface area contributed by atoms with Crippen LogP contribution in [-0.2, 0) is 10.0 Å². The Labute approximate surface area is 61.1 Å². The van der Waals surface area contributed by atoms with E-state index in [2.05, 4.69) is 0 Å². The van der Waals surface area contributed by atoms with E-state index >= 15 is 0 Å². The predicted molar refractivity (Wildman–Crippen MR) is 38.1 cm³/mol. The Balaban J connectivity index is 2.15. The maximum Gasteiger partial charge on any atom is 0.211 e. The van der Waals surface area contributed by atoms with E-state index in [-0.39, 0.29) is 0 Å². The molecular weight excluding hydrogens is 150 g/mol. The number of piperidine rings is 1. The van der Waals surface area contributed by atoms with Gasteiger partial charge in [0, 0.05) is 12.1 Å². The van der Waals surface area contributed by atoms with Crippen molar-refractivity contribution in [3.8, 4) is 0 Å². The average Bonchev–Trinajstić information content (AvgIpc) is 2.30. The second kappa shape index (κ2) is 1.74. The first kappa shape index (κ1) is 6.61. The topological polar surface area (TPSA) is 37.1 Å². The fourth-order valence-electron chi connectivity index (χ4n) is 1.98. The molecule has 3 nitrogen and oxygen atoms in total. The van der Waals surface area contributed by atoms with Gasteiger partial charge in [-0.05, 0) is 12.8 Å². The average molecular weight is 161 g/mol. The van der Waals surface area contributed by atoms with Crippen LogP contribution in [0.3, 0.4) is 0 Å². The van der Waals surface area contributed by atoms with Crippen molar-refractivity contribution < 1.29 is 8.42 Å². The molecular formula is C6H11NO2S. The van der Waals surface area contributed by atoms with Crippen molar-refractivity contribution in [1.82, 2.24) is 4.31 Å². The summed E-state index contributed by atoms with van der Waals surface area (Å²) in [5.41, 5.74) is 0. The highest BCUT2D eigenvalue weighted by Crippen LogP contribution is 2.43. The van der Waals surface area contributed by atoms with Crippen LogP contribution in [0.15, 0.2) is 0 Å². The summed E-state index contributed by atoms with van der Waals surface area (Å²) in [6, 6.07) is 0.769. The Kier molecular flexibility index (Phi) is 1.15. The fraction of sp³-hybridized carbons (Fsp3) is 1.00. The lowest BCUT2D eigenvalue weighted by molar-refractivity contribution is 0.523.